The van der Waals surface area contributed by atoms with Crippen LogP contribution in [0.4, 0.5) is 10.5 Å². The Kier molecular flexibility index (Phi) is 6.50. The van der Waals surface area contributed by atoms with E-state index in [0.717, 1.165) is 31.8 Å². The molecule has 2 N–H and O–H groups in total. The second kappa shape index (κ2) is 8.64. The van der Waals surface area contributed by atoms with Gasteiger partial charge in [0.2, 0.25) is 0 Å². The molecule has 2 rings (SSSR count). The molecule has 1 atom stereocenters. The lowest BCUT2D eigenvalue weighted by Gasteiger charge is -2.35. The van der Waals surface area contributed by atoms with Gasteiger partial charge in [-0.05, 0) is 31.5 Å². The van der Waals surface area contributed by atoms with E-state index in [2.05, 4.69) is 15.5 Å². The number of likely N-dealkylation sites (tertiary alicyclic amines) is 1. The van der Waals surface area contributed by atoms with Crippen LogP contribution in [-0.2, 0) is 4.74 Å². The van der Waals surface area contributed by atoms with Crippen LogP contribution in [0.5, 0.6) is 0 Å². The second-order valence-electron chi connectivity index (χ2n) is 5.38. The van der Waals surface area contributed by atoms with Crippen molar-refractivity contribution in [3.05, 3.63) is 30.3 Å². The van der Waals surface area contributed by atoms with Gasteiger partial charge in [0.1, 0.15) is 0 Å². The molecule has 0 aliphatic carbocycles. The summed E-state index contributed by atoms with van der Waals surface area (Å²) in [7, 11) is 1.73. The van der Waals surface area contributed by atoms with E-state index >= 15 is 0 Å². The van der Waals surface area contributed by atoms with Gasteiger partial charge in [0.25, 0.3) is 0 Å². The number of amides is 2. The number of urea groups is 1. The van der Waals surface area contributed by atoms with Crippen LogP contribution in [0.3, 0.4) is 0 Å². The van der Waals surface area contributed by atoms with E-state index < -0.39 is 0 Å². The van der Waals surface area contributed by atoms with Crippen molar-refractivity contribution in [2.45, 2.75) is 25.3 Å². The van der Waals surface area contributed by atoms with Gasteiger partial charge in [0.15, 0.2) is 0 Å². The summed E-state index contributed by atoms with van der Waals surface area (Å²) in [4.78, 5) is 14.3. The Morgan fingerprint density at radius 1 is 1.33 bits per heavy atom. The third-order valence-electron chi connectivity index (χ3n) is 3.86. The molecule has 116 valence electrons. The number of ether oxygens (including phenoxy) is 1. The van der Waals surface area contributed by atoms with E-state index in [-0.39, 0.29) is 6.03 Å². The molecule has 0 saturated carbocycles. The molecular weight excluding hydrogens is 266 g/mol. The minimum absolute atomic E-state index is 0.140. The maximum absolute atomic E-state index is 11.9. The van der Waals surface area contributed by atoms with Crippen molar-refractivity contribution in [2.75, 3.05) is 38.7 Å². The molecular formula is C16H25N3O2. The summed E-state index contributed by atoms with van der Waals surface area (Å²) in [5, 5.41) is 5.82. The summed E-state index contributed by atoms with van der Waals surface area (Å²) < 4.78 is 5.16. The van der Waals surface area contributed by atoms with Gasteiger partial charge in [-0.25, -0.2) is 4.79 Å². The average Bonchev–Trinajstić information content (AvgIpc) is 2.52. The molecule has 0 aromatic heterocycles. The fraction of sp³-hybridized carbons (Fsp3) is 0.562. The first kappa shape index (κ1) is 15.8. The molecule has 1 unspecified atom stereocenters. The van der Waals surface area contributed by atoms with Crippen molar-refractivity contribution in [2.24, 2.45) is 0 Å². The summed E-state index contributed by atoms with van der Waals surface area (Å²) in [5.41, 5.74) is 0.815. The first-order valence-corrected chi connectivity index (χ1v) is 7.62. The highest BCUT2D eigenvalue weighted by Gasteiger charge is 2.22. The molecule has 1 heterocycles. The van der Waals surface area contributed by atoms with Crippen LogP contribution in [0.2, 0.25) is 0 Å². The summed E-state index contributed by atoms with van der Waals surface area (Å²) >= 11 is 0. The number of nitrogens with one attached hydrogen (secondary N) is 2. The highest BCUT2D eigenvalue weighted by molar-refractivity contribution is 5.89. The third-order valence-corrected chi connectivity index (χ3v) is 3.86. The van der Waals surface area contributed by atoms with Gasteiger partial charge in [0.05, 0.1) is 6.61 Å². The van der Waals surface area contributed by atoms with Gasteiger partial charge in [-0.3, -0.25) is 4.90 Å². The number of anilines is 1. The zero-order valence-corrected chi connectivity index (χ0v) is 12.7. The van der Waals surface area contributed by atoms with Gasteiger partial charge in [-0.2, -0.15) is 0 Å². The third kappa shape index (κ3) is 5.36. The van der Waals surface area contributed by atoms with E-state index in [1.807, 2.05) is 30.3 Å². The van der Waals surface area contributed by atoms with E-state index in [9.17, 15) is 4.79 Å². The van der Waals surface area contributed by atoms with Crippen molar-refractivity contribution in [3.63, 3.8) is 0 Å². The van der Waals surface area contributed by atoms with Gasteiger partial charge < -0.3 is 15.4 Å². The molecule has 1 aromatic carbocycles. The van der Waals surface area contributed by atoms with Crippen LogP contribution >= 0.6 is 0 Å². The van der Waals surface area contributed by atoms with Crippen LogP contribution in [0.15, 0.2) is 30.3 Å². The zero-order valence-electron chi connectivity index (χ0n) is 12.7. The Balaban J connectivity index is 1.76. The van der Waals surface area contributed by atoms with Crippen LogP contribution in [0, 0.1) is 0 Å². The van der Waals surface area contributed by atoms with Gasteiger partial charge in [0, 0.05) is 31.9 Å². The highest BCUT2D eigenvalue weighted by Crippen LogP contribution is 2.16. The average molecular weight is 291 g/mol. The van der Waals surface area contributed by atoms with E-state index in [0.29, 0.717) is 12.6 Å². The topological polar surface area (TPSA) is 53.6 Å². The second-order valence-corrected chi connectivity index (χ2v) is 5.38. The number of piperidine rings is 1. The van der Waals surface area contributed by atoms with Crippen LogP contribution in [-0.4, -0.2) is 50.3 Å². The maximum Gasteiger partial charge on any atom is 0.319 e. The lowest BCUT2D eigenvalue weighted by Crippen LogP contribution is -2.48. The molecule has 0 spiro atoms. The standard InChI is InChI=1S/C16H25N3O2/c1-21-12-11-19-10-6-5-9-15(19)13-17-16(20)18-14-7-3-2-4-8-14/h2-4,7-8,15H,5-6,9-13H2,1H3,(H2,17,18,20). The first-order valence-electron chi connectivity index (χ1n) is 7.62. The number of hydrogen-bond donors (Lipinski definition) is 2. The largest absolute Gasteiger partial charge is 0.383 e. The van der Waals surface area contributed by atoms with Crippen LogP contribution < -0.4 is 10.6 Å². The predicted molar refractivity (Wildman–Crippen MR) is 84.6 cm³/mol. The van der Waals surface area contributed by atoms with Crippen molar-refractivity contribution in [1.82, 2.24) is 10.2 Å². The summed E-state index contributed by atoms with van der Waals surface area (Å²) in [5.74, 6) is 0. The fourth-order valence-electron chi connectivity index (χ4n) is 2.70. The Labute approximate surface area is 126 Å². The lowest BCUT2D eigenvalue weighted by atomic mass is 10.0. The smallest absolute Gasteiger partial charge is 0.319 e. The van der Waals surface area contributed by atoms with E-state index in [1.165, 1.54) is 12.8 Å². The molecule has 1 aliphatic rings. The van der Waals surface area contributed by atoms with E-state index in [4.69, 9.17) is 4.74 Å². The number of methoxy groups -OCH3 is 1. The van der Waals surface area contributed by atoms with Crippen molar-refractivity contribution < 1.29 is 9.53 Å². The van der Waals surface area contributed by atoms with Gasteiger partial charge in [-0.15, -0.1) is 0 Å². The number of para-hydroxylation sites is 1. The Morgan fingerprint density at radius 2 is 2.14 bits per heavy atom. The zero-order chi connectivity index (χ0) is 14.9. The van der Waals surface area contributed by atoms with E-state index in [1.54, 1.807) is 7.11 Å². The first-order chi connectivity index (χ1) is 10.3. The molecule has 5 nitrogen and oxygen atoms in total. The summed E-state index contributed by atoms with van der Waals surface area (Å²) in [6.45, 7) is 3.45. The molecule has 1 saturated heterocycles. The molecule has 5 heteroatoms. The summed E-state index contributed by atoms with van der Waals surface area (Å²) in [6.07, 6.45) is 3.60. The SMILES string of the molecule is COCCN1CCCCC1CNC(=O)Nc1ccccc1. The fourth-order valence-corrected chi connectivity index (χ4v) is 2.70. The highest BCUT2D eigenvalue weighted by atomic mass is 16.5. The molecule has 2 amide bonds. The van der Waals surface area contributed by atoms with Crippen LogP contribution in [0.25, 0.3) is 0 Å². The van der Waals surface area contributed by atoms with Crippen molar-refractivity contribution in [3.8, 4) is 0 Å². The quantitative estimate of drug-likeness (QED) is 0.845. The maximum atomic E-state index is 11.9. The number of benzene rings is 1. The van der Waals surface area contributed by atoms with Crippen molar-refractivity contribution in [1.29, 1.82) is 0 Å². The molecule has 0 radical (unpaired) electrons. The lowest BCUT2D eigenvalue weighted by molar-refractivity contribution is 0.0965. The minimum atomic E-state index is -0.140. The number of hydrogen-bond acceptors (Lipinski definition) is 3. The summed E-state index contributed by atoms with van der Waals surface area (Å²) in [6, 6.07) is 9.77. The minimum Gasteiger partial charge on any atom is -0.383 e. The molecule has 0 bridgehead atoms. The van der Waals surface area contributed by atoms with Crippen molar-refractivity contribution >= 4 is 11.7 Å². The molecule has 1 aromatic rings. The normalized spacial score (nSPS) is 19.2. The van der Waals surface area contributed by atoms with Crippen LogP contribution in [0.1, 0.15) is 19.3 Å². The molecule has 21 heavy (non-hydrogen) atoms. The number of carbonyl (C=O) groups excluding carboxylic acids is 1. The number of rotatable bonds is 6. The number of nitrogens with zero attached hydrogens (tertiary/aromatic N) is 1. The molecule has 1 aliphatic heterocycles. The Bertz CT molecular complexity index is 425. The van der Waals surface area contributed by atoms with Gasteiger partial charge in [-0.1, -0.05) is 24.6 Å². The molecule has 1 fully saturated rings. The Morgan fingerprint density at radius 3 is 2.90 bits per heavy atom. The monoisotopic (exact) mass is 291 g/mol. The number of carbonyl (C=O) groups is 1. The van der Waals surface area contributed by atoms with Gasteiger partial charge >= 0.3 is 6.03 Å². The Hall–Kier alpha value is -1.59. The predicted octanol–water partition coefficient (Wildman–Crippen LogP) is 2.31.